The van der Waals surface area contributed by atoms with Gasteiger partial charge in [-0.05, 0) is 35.3 Å². The minimum absolute atomic E-state index is 0.127. The van der Waals surface area contributed by atoms with Gasteiger partial charge in [-0.2, -0.15) is 0 Å². The van der Waals surface area contributed by atoms with Crippen molar-refractivity contribution in [2.45, 2.75) is 38.4 Å². The van der Waals surface area contributed by atoms with Gasteiger partial charge in [0.2, 0.25) is 0 Å². The molecule has 1 aromatic heterocycles. The first kappa shape index (κ1) is 14.5. The molecule has 0 radical (unpaired) electrons. The third kappa shape index (κ3) is 3.14. The second kappa shape index (κ2) is 6.48. The molecular formula is C13H21BrN2OS. The Bertz CT molecular complexity index is 383. The second-order valence-corrected chi connectivity index (χ2v) is 6.70. The summed E-state index contributed by atoms with van der Waals surface area (Å²) in [6.45, 7) is 6.92. The topological polar surface area (TPSA) is 38.5 Å². The van der Waals surface area contributed by atoms with Crippen LogP contribution in [-0.4, -0.2) is 36.7 Å². The first-order chi connectivity index (χ1) is 8.63. The van der Waals surface area contributed by atoms with Gasteiger partial charge in [0.25, 0.3) is 0 Å². The monoisotopic (exact) mass is 332 g/mol. The highest BCUT2D eigenvalue weighted by molar-refractivity contribution is 9.10. The fraction of sp³-hybridized carbons (Fsp3) is 0.692. The summed E-state index contributed by atoms with van der Waals surface area (Å²) in [7, 11) is 0. The van der Waals surface area contributed by atoms with E-state index < -0.39 is 0 Å². The van der Waals surface area contributed by atoms with Crippen LogP contribution < -0.4 is 5.73 Å². The maximum absolute atomic E-state index is 6.23. The van der Waals surface area contributed by atoms with Crippen LogP contribution in [0.1, 0.15) is 31.2 Å². The molecular weight excluding hydrogens is 312 g/mol. The number of rotatable bonds is 4. The van der Waals surface area contributed by atoms with Crippen molar-refractivity contribution >= 4 is 27.3 Å². The lowest BCUT2D eigenvalue weighted by molar-refractivity contribution is -0.0341. The van der Waals surface area contributed by atoms with Crippen molar-refractivity contribution in [2.75, 3.05) is 19.8 Å². The summed E-state index contributed by atoms with van der Waals surface area (Å²) in [6.07, 6.45) is 1.11. The number of thiophene rings is 1. The van der Waals surface area contributed by atoms with Crippen LogP contribution in [0.15, 0.2) is 15.9 Å². The Morgan fingerprint density at radius 2 is 2.44 bits per heavy atom. The number of ether oxygens (including phenoxy) is 1. The molecule has 0 amide bonds. The van der Waals surface area contributed by atoms with Crippen molar-refractivity contribution < 1.29 is 4.74 Å². The minimum Gasteiger partial charge on any atom is -0.378 e. The number of nitrogens with zero attached hydrogens (tertiary/aromatic N) is 1. The predicted octanol–water partition coefficient (Wildman–Crippen LogP) is 3.01. The zero-order chi connectivity index (χ0) is 13.1. The average Bonchev–Trinajstić information content (AvgIpc) is 2.76. The second-order valence-electron chi connectivity index (χ2n) is 4.85. The van der Waals surface area contributed by atoms with E-state index in [-0.39, 0.29) is 6.04 Å². The lowest BCUT2D eigenvalue weighted by Crippen LogP contribution is -2.50. The molecule has 1 saturated heterocycles. The molecule has 2 N–H and O–H groups in total. The lowest BCUT2D eigenvalue weighted by atomic mass is 10.0. The zero-order valence-electron chi connectivity index (χ0n) is 10.9. The number of nitrogens with two attached hydrogens (primary N) is 1. The van der Waals surface area contributed by atoms with Crippen molar-refractivity contribution in [2.24, 2.45) is 5.73 Å². The molecule has 0 saturated carbocycles. The van der Waals surface area contributed by atoms with Crippen molar-refractivity contribution in [3.63, 3.8) is 0 Å². The van der Waals surface area contributed by atoms with Crippen LogP contribution in [0.25, 0.3) is 0 Å². The third-order valence-corrected chi connectivity index (χ3v) is 5.24. The van der Waals surface area contributed by atoms with Gasteiger partial charge in [-0.25, -0.2) is 0 Å². The Morgan fingerprint density at radius 1 is 1.67 bits per heavy atom. The van der Waals surface area contributed by atoms with Gasteiger partial charge < -0.3 is 10.5 Å². The zero-order valence-corrected chi connectivity index (χ0v) is 13.3. The summed E-state index contributed by atoms with van der Waals surface area (Å²) in [5.74, 6) is 0. The fourth-order valence-corrected chi connectivity index (χ4v) is 4.27. The first-order valence-electron chi connectivity index (χ1n) is 6.46. The van der Waals surface area contributed by atoms with E-state index in [1.165, 1.54) is 4.88 Å². The Balaban J connectivity index is 2.23. The number of morpholine rings is 1. The van der Waals surface area contributed by atoms with Crippen molar-refractivity contribution in [1.82, 2.24) is 4.90 Å². The molecule has 2 rings (SSSR count). The molecule has 1 aromatic rings. The Morgan fingerprint density at radius 3 is 3.00 bits per heavy atom. The van der Waals surface area contributed by atoms with Gasteiger partial charge in [-0.1, -0.05) is 6.92 Å². The molecule has 1 aliphatic rings. The molecule has 0 spiro atoms. The SMILES string of the molecule is CCC1COCCN1C(c1cc(Br)cs1)C(C)N. The summed E-state index contributed by atoms with van der Waals surface area (Å²) in [6, 6.07) is 3.11. The van der Waals surface area contributed by atoms with Gasteiger partial charge >= 0.3 is 0 Å². The standard InChI is InChI=1S/C13H21BrN2OS/c1-3-11-7-17-5-4-16(11)13(9(2)15)12-6-10(14)8-18-12/h6,8-9,11,13H,3-5,7,15H2,1-2H3. The van der Waals surface area contributed by atoms with E-state index in [0.717, 1.165) is 30.7 Å². The third-order valence-electron chi connectivity index (χ3n) is 3.48. The quantitative estimate of drug-likeness (QED) is 0.921. The van der Waals surface area contributed by atoms with Crippen molar-refractivity contribution in [3.8, 4) is 0 Å². The number of hydrogen-bond donors (Lipinski definition) is 1. The van der Waals surface area contributed by atoms with E-state index in [1.807, 2.05) is 0 Å². The van der Waals surface area contributed by atoms with E-state index in [0.29, 0.717) is 12.1 Å². The predicted molar refractivity (Wildman–Crippen MR) is 80.0 cm³/mol. The molecule has 1 aliphatic heterocycles. The smallest absolute Gasteiger partial charge is 0.0622 e. The molecule has 0 aromatic carbocycles. The Labute approximate surface area is 121 Å². The summed E-state index contributed by atoms with van der Waals surface area (Å²) >= 11 is 5.31. The highest BCUT2D eigenvalue weighted by Crippen LogP contribution is 2.33. The summed E-state index contributed by atoms with van der Waals surface area (Å²) in [5.41, 5.74) is 6.23. The van der Waals surface area contributed by atoms with Gasteiger partial charge in [-0.15, -0.1) is 11.3 Å². The highest BCUT2D eigenvalue weighted by atomic mass is 79.9. The van der Waals surface area contributed by atoms with Gasteiger partial charge in [0.05, 0.1) is 19.3 Å². The van der Waals surface area contributed by atoms with Crippen LogP contribution in [0.2, 0.25) is 0 Å². The van der Waals surface area contributed by atoms with E-state index >= 15 is 0 Å². The van der Waals surface area contributed by atoms with Crippen molar-refractivity contribution in [1.29, 1.82) is 0 Å². The molecule has 3 unspecified atom stereocenters. The maximum atomic E-state index is 6.23. The molecule has 2 heterocycles. The van der Waals surface area contributed by atoms with E-state index in [9.17, 15) is 0 Å². The number of hydrogen-bond acceptors (Lipinski definition) is 4. The normalized spacial score (nSPS) is 25.0. The molecule has 1 fully saturated rings. The summed E-state index contributed by atoms with van der Waals surface area (Å²) < 4.78 is 6.73. The molecule has 0 bridgehead atoms. The summed E-state index contributed by atoms with van der Waals surface area (Å²) in [5, 5.41) is 2.13. The van der Waals surface area contributed by atoms with Crippen LogP contribution >= 0.6 is 27.3 Å². The molecule has 0 aliphatic carbocycles. The van der Waals surface area contributed by atoms with Crippen LogP contribution in [0, 0.1) is 0 Å². The van der Waals surface area contributed by atoms with Crippen LogP contribution in [0.3, 0.4) is 0 Å². The van der Waals surface area contributed by atoms with Gasteiger partial charge in [0.1, 0.15) is 0 Å². The maximum Gasteiger partial charge on any atom is 0.0622 e. The van der Waals surface area contributed by atoms with Crippen LogP contribution in [0.5, 0.6) is 0 Å². The first-order valence-corrected chi connectivity index (χ1v) is 8.13. The minimum atomic E-state index is 0.127. The molecule has 5 heteroatoms. The Kier molecular flexibility index (Phi) is 5.21. The highest BCUT2D eigenvalue weighted by Gasteiger charge is 2.32. The Hall–Kier alpha value is 0.0600. The molecule has 3 atom stereocenters. The fourth-order valence-electron chi connectivity index (χ4n) is 2.59. The largest absolute Gasteiger partial charge is 0.378 e. The van der Waals surface area contributed by atoms with Crippen LogP contribution in [0.4, 0.5) is 0 Å². The van der Waals surface area contributed by atoms with Gasteiger partial charge in [-0.3, -0.25) is 4.90 Å². The van der Waals surface area contributed by atoms with Crippen LogP contribution in [-0.2, 0) is 4.74 Å². The number of halogens is 1. The van der Waals surface area contributed by atoms with E-state index in [1.54, 1.807) is 11.3 Å². The van der Waals surface area contributed by atoms with Gasteiger partial charge in [0.15, 0.2) is 0 Å². The average molecular weight is 333 g/mol. The van der Waals surface area contributed by atoms with E-state index in [2.05, 4.69) is 46.1 Å². The molecule has 3 nitrogen and oxygen atoms in total. The van der Waals surface area contributed by atoms with Gasteiger partial charge in [0, 0.05) is 33.4 Å². The molecule has 18 heavy (non-hydrogen) atoms. The van der Waals surface area contributed by atoms with Crippen molar-refractivity contribution in [3.05, 3.63) is 20.8 Å². The molecule has 102 valence electrons. The summed E-state index contributed by atoms with van der Waals surface area (Å²) in [4.78, 5) is 3.86. The van der Waals surface area contributed by atoms with E-state index in [4.69, 9.17) is 10.5 Å². The lowest BCUT2D eigenvalue weighted by Gasteiger charge is -2.42.